The highest BCUT2D eigenvalue weighted by molar-refractivity contribution is 5.80. The van der Waals surface area contributed by atoms with Crippen molar-refractivity contribution in [2.75, 3.05) is 31.1 Å². The number of hydrogen-bond acceptors (Lipinski definition) is 6. The minimum absolute atomic E-state index is 0.133. The first-order valence-electron chi connectivity index (χ1n) is 13.0. The van der Waals surface area contributed by atoms with Crippen LogP contribution in [0.4, 0.5) is 10.1 Å². The number of pyridine rings is 1. The first-order chi connectivity index (χ1) is 17.8. The predicted molar refractivity (Wildman–Crippen MR) is 143 cm³/mol. The van der Waals surface area contributed by atoms with Crippen molar-refractivity contribution in [2.45, 2.75) is 52.1 Å². The molecule has 0 spiro atoms. The summed E-state index contributed by atoms with van der Waals surface area (Å²) in [6.07, 6.45) is 1.76. The van der Waals surface area contributed by atoms with E-state index in [9.17, 15) is 9.18 Å². The molecular weight excluding hydrogens is 469 g/mol. The molecule has 1 aliphatic rings. The highest BCUT2D eigenvalue weighted by Crippen LogP contribution is 2.32. The van der Waals surface area contributed by atoms with E-state index in [0.29, 0.717) is 24.5 Å². The van der Waals surface area contributed by atoms with Gasteiger partial charge >= 0.3 is 0 Å². The Kier molecular flexibility index (Phi) is 6.81. The van der Waals surface area contributed by atoms with E-state index in [2.05, 4.69) is 70.1 Å². The monoisotopic (exact) mass is 503 g/mol. The number of H-pyrrole nitrogens is 1. The van der Waals surface area contributed by atoms with Gasteiger partial charge in [-0.3, -0.25) is 9.69 Å². The largest absolute Gasteiger partial charge is 0.369 e. The number of fused-ring (bicyclic) bond motifs is 1. The quantitative estimate of drug-likeness (QED) is 0.406. The zero-order valence-electron chi connectivity index (χ0n) is 21.9. The van der Waals surface area contributed by atoms with Gasteiger partial charge in [0.05, 0.1) is 5.54 Å². The van der Waals surface area contributed by atoms with Crippen LogP contribution >= 0.6 is 0 Å². The number of benzene rings is 2. The molecule has 1 N–H and O–H groups in total. The van der Waals surface area contributed by atoms with E-state index in [1.807, 2.05) is 28.9 Å². The van der Waals surface area contributed by atoms with Gasteiger partial charge in [-0.1, -0.05) is 19.9 Å². The summed E-state index contributed by atoms with van der Waals surface area (Å²) in [4.78, 5) is 21.1. The van der Waals surface area contributed by atoms with Gasteiger partial charge in [0.15, 0.2) is 5.82 Å². The van der Waals surface area contributed by atoms with Crippen LogP contribution in [0, 0.1) is 5.82 Å². The Balaban J connectivity index is 1.56. The molecule has 1 fully saturated rings. The van der Waals surface area contributed by atoms with E-state index in [4.69, 9.17) is 0 Å². The third-order valence-corrected chi connectivity index (χ3v) is 7.69. The van der Waals surface area contributed by atoms with Gasteiger partial charge in [-0.15, -0.1) is 5.10 Å². The standard InChI is InChI=1S/C28H34FN7O/c1-5-19-7-12-24-20(17-19)18-23(27(37)30-24)25(26-31-32-33-36(26)28(3,4)6-2)35-15-13-34(14-16-35)22-10-8-21(29)9-11-22/h7-12,17-18,25H,5-6,13-16H2,1-4H3,(H,30,37)/t25-/m0/s1. The molecule has 0 unspecified atom stereocenters. The molecule has 0 saturated carbocycles. The molecule has 0 amide bonds. The Morgan fingerprint density at radius 2 is 1.76 bits per heavy atom. The Bertz CT molecular complexity index is 1440. The van der Waals surface area contributed by atoms with E-state index in [1.165, 1.54) is 17.7 Å². The molecule has 9 heteroatoms. The fraction of sp³-hybridized carbons (Fsp3) is 0.429. The van der Waals surface area contributed by atoms with Crippen molar-refractivity contribution in [3.63, 3.8) is 0 Å². The average molecular weight is 504 g/mol. The molecule has 2 aromatic carbocycles. The predicted octanol–water partition coefficient (Wildman–Crippen LogP) is 4.27. The van der Waals surface area contributed by atoms with Gasteiger partial charge in [-0.25, -0.2) is 9.07 Å². The Morgan fingerprint density at radius 3 is 2.43 bits per heavy atom. The second-order valence-electron chi connectivity index (χ2n) is 10.3. The molecule has 1 aliphatic heterocycles. The normalized spacial score (nSPS) is 15.9. The summed E-state index contributed by atoms with van der Waals surface area (Å²) in [5.41, 5.74) is 3.22. The fourth-order valence-electron chi connectivity index (χ4n) is 5.03. The van der Waals surface area contributed by atoms with Crippen LogP contribution in [-0.4, -0.2) is 56.3 Å². The number of nitrogens with zero attached hydrogens (tertiary/aromatic N) is 6. The first kappa shape index (κ1) is 25.1. The third kappa shape index (κ3) is 4.87. The first-order valence-corrected chi connectivity index (χ1v) is 13.0. The number of tetrazole rings is 1. The summed E-state index contributed by atoms with van der Waals surface area (Å²) >= 11 is 0. The molecule has 1 saturated heterocycles. The molecule has 0 aliphatic carbocycles. The van der Waals surface area contributed by atoms with Gasteiger partial charge in [0.25, 0.3) is 5.56 Å². The molecule has 194 valence electrons. The number of rotatable bonds is 7. The summed E-state index contributed by atoms with van der Waals surface area (Å²) in [6, 6.07) is 14.4. The lowest BCUT2D eigenvalue weighted by Crippen LogP contribution is -2.49. The lowest BCUT2D eigenvalue weighted by molar-refractivity contribution is 0.186. The molecule has 5 rings (SSSR count). The minimum atomic E-state index is -0.408. The smallest absolute Gasteiger partial charge is 0.253 e. The van der Waals surface area contributed by atoms with Crippen LogP contribution in [0.5, 0.6) is 0 Å². The summed E-state index contributed by atoms with van der Waals surface area (Å²) in [7, 11) is 0. The molecule has 0 bridgehead atoms. The highest BCUT2D eigenvalue weighted by atomic mass is 19.1. The number of nitrogens with one attached hydrogen (secondary N) is 1. The summed E-state index contributed by atoms with van der Waals surface area (Å²) in [5.74, 6) is 0.424. The van der Waals surface area contributed by atoms with Gasteiger partial charge in [-0.05, 0) is 90.5 Å². The van der Waals surface area contributed by atoms with Crippen LogP contribution in [0.15, 0.2) is 53.3 Å². The van der Waals surface area contributed by atoms with Crippen LogP contribution in [0.1, 0.15) is 57.1 Å². The van der Waals surface area contributed by atoms with Crippen molar-refractivity contribution in [2.24, 2.45) is 0 Å². The number of piperazine rings is 1. The van der Waals surface area contributed by atoms with Crippen molar-refractivity contribution >= 4 is 16.6 Å². The average Bonchev–Trinajstić information content (AvgIpc) is 3.40. The van der Waals surface area contributed by atoms with Crippen LogP contribution < -0.4 is 10.5 Å². The maximum Gasteiger partial charge on any atom is 0.253 e. The van der Waals surface area contributed by atoms with Crippen molar-refractivity contribution in [1.29, 1.82) is 0 Å². The van der Waals surface area contributed by atoms with Crippen LogP contribution in [0.25, 0.3) is 10.9 Å². The molecule has 3 heterocycles. The number of halogens is 1. The maximum atomic E-state index is 13.5. The summed E-state index contributed by atoms with van der Waals surface area (Å²) in [6.45, 7) is 11.3. The Hall–Kier alpha value is -3.59. The van der Waals surface area contributed by atoms with E-state index in [-0.39, 0.29) is 16.9 Å². The van der Waals surface area contributed by atoms with Gasteiger partial charge in [0.2, 0.25) is 0 Å². The van der Waals surface area contributed by atoms with Crippen LogP contribution in [0.3, 0.4) is 0 Å². The maximum absolute atomic E-state index is 13.5. The second-order valence-corrected chi connectivity index (χ2v) is 10.3. The highest BCUT2D eigenvalue weighted by Gasteiger charge is 2.35. The molecular formula is C28H34FN7O. The number of aromatic amines is 1. The van der Waals surface area contributed by atoms with Crippen LogP contribution in [-0.2, 0) is 12.0 Å². The van der Waals surface area contributed by atoms with Crippen molar-refractivity contribution in [3.8, 4) is 0 Å². The minimum Gasteiger partial charge on any atom is -0.369 e. The molecule has 37 heavy (non-hydrogen) atoms. The van der Waals surface area contributed by atoms with Crippen LogP contribution in [0.2, 0.25) is 0 Å². The van der Waals surface area contributed by atoms with Crippen molar-refractivity contribution < 1.29 is 4.39 Å². The molecule has 1 atom stereocenters. The number of hydrogen-bond donors (Lipinski definition) is 1. The molecule has 4 aromatic rings. The van der Waals surface area contributed by atoms with Crippen molar-refractivity contribution in [1.82, 2.24) is 30.1 Å². The summed E-state index contributed by atoms with van der Waals surface area (Å²) in [5, 5.41) is 13.9. The van der Waals surface area contributed by atoms with E-state index in [0.717, 1.165) is 42.5 Å². The molecule has 2 aromatic heterocycles. The SMILES string of the molecule is CCc1ccc2[nH]c(=O)c([C@@H](c3nnnn3C(C)(C)CC)N3CCN(c4ccc(F)cc4)CC3)cc2c1. The van der Waals surface area contributed by atoms with E-state index in [1.54, 1.807) is 0 Å². The lowest BCUT2D eigenvalue weighted by atomic mass is 9.98. The number of aryl methyl sites for hydroxylation is 1. The van der Waals surface area contributed by atoms with Gasteiger partial charge < -0.3 is 9.88 Å². The Labute approximate surface area is 216 Å². The topological polar surface area (TPSA) is 82.9 Å². The Morgan fingerprint density at radius 1 is 1.03 bits per heavy atom. The van der Waals surface area contributed by atoms with Gasteiger partial charge in [0, 0.05) is 42.9 Å². The van der Waals surface area contributed by atoms with Gasteiger partial charge in [-0.2, -0.15) is 0 Å². The molecule has 0 radical (unpaired) electrons. The fourth-order valence-corrected chi connectivity index (χ4v) is 5.03. The van der Waals surface area contributed by atoms with E-state index < -0.39 is 6.04 Å². The molecule has 8 nitrogen and oxygen atoms in total. The number of anilines is 1. The zero-order chi connectivity index (χ0) is 26.2. The van der Waals surface area contributed by atoms with E-state index >= 15 is 0 Å². The second kappa shape index (κ2) is 10.0. The van der Waals surface area contributed by atoms with Crippen molar-refractivity contribution in [3.05, 3.63) is 81.7 Å². The zero-order valence-corrected chi connectivity index (χ0v) is 21.9. The van der Waals surface area contributed by atoms with Gasteiger partial charge in [0.1, 0.15) is 11.9 Å². The third-order valence-electron chi connectivity index (χ3n) is 7.69. The number of aromatic nitrogens is 5. The lowest BCUT2D eigenvalue weighted by Gasteiger charge is -2.40. The summed E-state index contributed by atoms with van der Waals surface area (Å²) < 4.78 is 15.3.